The van der Waals surface area contributed by atoms with E-state index in [1.54, 1.807) is 0 Å². The quantitative estimate of drug-likeness (QED) is 0.0262. The minimum atomic E-state index is -0.786. The third kappa shape index (κ3) is 47.9. The number of carbonyl (C=O) groups is 3. The second kappa shape index (κ2) is 50.5. The number of unbranched alkanes of at least 4 members (excludes halogenated alkanes) is 23. The largest absolute Gasteiger partial charge is 0.462 e. The van der Waals surface area contributed by atoms with Crippen LogP contribution >= 0.6 is 0 Å². The monoisotopic (exact) mass is 865 g/mol. The molecule has 356 valence electrons. The fraction of sp³-hybridized carbons (Fsp3) is 0.732. The van der Waals surface area contributed by atoms with E-state index in [4.69, 9.17) is 14.2 Å². The predicted molar refractivity (Wildman–Crippen MR) is 265 cm³/mol. The van der Waals surface area contributed by atoms with Crippen LogP contribution in [0.3, 0.4) is 0 Å². The molecule has 6 nitrogen and oxygen atoms in total. The van der Waals surface area contributed by atoms with Crippen molar-refractivity contribution >= 4 is 17.9 Å². The molecule has 0 bridgehead atoms. The zero-order valence-corrected chi connectivity index (χ0v) is 40.6. The topological polar surface area (TPSA) is 78.9 Å². The number of rotatable bonds is 46. The van der Waals surface area contributed by atoms with E-state index in [1.807, 2.05) is 0 Å². The molecule has 1 atom stereocenters. The van der Waals surface area contributed by atoms with Crippen LogP contribution in [0.4, 0.5) is 0 Å². The van der Waals surface area contributed by atoms with Crippen molar-refractivity contribution in [1.29, 1.82) is 0 Å². The summed E-state index contributed by atoms with van der Waals surface area (Å²) in [5, 5.41) is 0. The van der Waals surface area contributed by atoms with E-state index in [0.717, 1.165) is 109 Å². The lowest BCUT2D eigenvalue weighted by atomic mass is 10.1. The van der Waals surface area contributed by atoms with Crippen LogP contribution in [0.2, 0.25) is 0 Å². The molecule has 1 unspecified atom stereocenters. The average Bonchev–Trinajstić information content (AvgIpc) is 3.27. The molecule has 6 heteroatoms. The number of carbonyl (C=O) groups excluding carboxylic acids is 3. The fourth-order valence-electron chi connectivity index (χ4n) is 7.12. The molecule has 0 heterocycles. The Labute approximate surface area is 382 Å². The molecular weight excluding hydrogens is 769 g/mol. The second-order valence-corrected chi connectivity index (χ2v) is 17.0. The molecule has 0 amide bonds. The van der Waals surface area contributed by atoms with Crippen LogP contribution in [-0.2, 0) is 28.6 Å². The van der Waals surface area contributed by atoms with Crippen molar-refractivity contribution in [2.45, 2.75) is 252 Å². The van der Waals surface area contributed by atoms with Gasteiger partial charge in [-0.3, -0.25) is 14.4 Å². The molecule has 62 heavy (non-hydrogen) atoms. The summed E-state index contributed by atoms with van der Waals surface area (Å²) in [5.74, 6) is -0.911. The highest BCUT2D eigenvalue weighted by atomic mass is 16.6. The summed E-state index contributed by atoms with van der Waals surface area (Å²) in [6.45, 7) is 6.39. The van der Waals surface area contributed by atoms with E-state index in [-0.39, 0.29) is 31.1 Å². The van der Waals surface area contributed by atoms with Gasteiger partial charge in [-0.05, 0) is 83.5 Å². The molecule has 0 aromatic rings. The van der Waals surface area contributed by atoms with Crippen LogP contribution in [-0.4, -0.2) is 37.2 Å². The maximum atomic E-state index is 12.8. The molecule has 0 saturated carbocycles. The predicted octanol–water partition coefficient (Wildman–Crippen LogP) is 17.0. The normalized spacial score (nSPS) is 12.6. The molecule has 0 aliphatic rings. The Balaban J connectivity index is 4.37. The first-order valence-corrected chi connectivity index (χ1v) is 25.9. The van der Waals surface area contributed by atoms with Crippen LogP contribution in [0, 0.1) is 0 Å². The Morgan fingerprint density at radius 1 is 0.339 bits per heavy atom. The zero-order valence-electron chi connectivity index (χ0n) is 40.6. The van der Waals surface area contributed by atoms with Gasteiger partial charge in [0.05, 0.1) is 0 Å². The van der Waals surface area contributed by atoms with Crippen molar-refractivity contribution in [2.75, 3.05) is 13.2 Å². The lowest BCUT2D eigenvalue weighted by molar-refractivity contribution is -0.167. The van der Waals surface area contributed by atoms with Gasteiger partial charge >= 0.3 is 17.9 Å². The highest BCUT2D eigenvalue weighted by Gasteiger charge is 2.19. The van der Waals surface area contributed by atoms with E-state index >= 15 is 0 Å². The van der Waals surface area contributed by atoms with Crippen molar-refractivity contribution in [2.24, 2.45) is 0 Å². The first-order chi connectivity index (χ1) is 30.5. The van der Waals surface area contributed by atoms with Crippen molar-refractivity contribution in [1.82, 2.24) is 0 Å². The number of esters is 3. The van der Waals surface area contributed by atoms with Crippen LogP contribution in [0.1, 0.15) is 245 Å². The highest BCUT2D eigenvalue weighted by Crippen LogP contribution is 2.15. The minimum Gasteiger partial charge on any atom is -0.462 e. The lowest BCUT2D eigenvalue weighted by Gasteiger charge is -2.18. The summed E-state index contributed by atoms with van der Waals surface area (Å²) in [5.41, 5.74) is 0. The van der Waals surface area contributed by atoms with Gasteiger partial charge in [-0.25, -0.2) is 0 Å². The summed E-state index contributed by atoms with van der Waals surface area (Å²) in [7, 11) is 0. The van der Waals surface area contributed by atoms with E-state index in [2.05, 4.69) is 93.7 Å². The van der Waals surface area contributed by atoms with Gasteiger partial charge in [0.1, 0.15) is 13.2 Å². The Morgan fingerprint density at radius 3 is 0.984 bits per heavy atom. The van der Waals surface area contributed by atoms with Crippen LogP contribution in [0.5, 0.6) is 0 Å². The second-order valence-electron chi connectivity index (χ2n) is 17.0. The first-order valence-electron chi connectivity index (χ1n) is 25.9. The molecule has 0 aliphatic carbocycles. The van der Waals surface area contributed by atoms with E-state index in [1.165, 1.54) is 96.3 Å². The van der Waals surface area contributed by atoms with Gasteiger partial charge in [0.15, 0.2) is 6.10 Å². The van der Waals surface area contributed by atoms with Gasteiger partial charge in [-0.2, -0.15) is 0 Å². The number of ether oxygens (including phenoxy) is 3. The minimum absolute atomic E-state index is 0.0847. The Kier molecular flexibility index (Phi) is 47.9. The zero-order chi connectivity index (χ0) is 45.1. The number of allylic oxidation sites excluding steroid dienone is 12. The smallest absolute Gasteiger partial charge is 0.306 e. The van der Waals surface area contributed by atoms with Gasteiger partial charge < -0.3 is 14.2 Å². The molecular formula is C56H96O6. The average molecular weight is 865 g/mol. The van der Waals surface area contributed by atoms with Gasteiger partial charge in [0, 0.05) is 19.3 Å². The maximum absolute atomic E-state index is 12.8. The van der Waals surface area contributed by atoms with Gasteiger partial charge in [0.2, 0.25) is 0 Å². The van der Waals surface area contributed by atoms with Gasteiger partial charge in [0.25, 0.3) is 0 Å². The molecule has 0 aromatic heterocycles. The SMILES string of the molecule is CC/C=C\C/C=C\C/C=C\CCCCCCCCCCCC(=O)OCC(COC(=O)CCCCCCCCCCCCC)OC(=O)CCCCCC/C=C\C/C=C\C/C=C\CC. The third-order valence-electron chi connectivity index (χ3n) is 11.0. The fourth-order valence-corrected chi connectivity index (χ4v) is 7.12. The summed E-state index contributed by atoms with van der Waals surface area (Å²) in [4.78, 5) is 37.9. The standard InChI is InChI=1S/C56H96O6/c1-4-7-10-13-16-19-22-24-26-27-28-29-30-32-34-37-40-43-46-49-55(58)61-52-53(51-60-54(57)48-45-42-39-36-33-21-18-15-12-9-6-3)62-56(59)50-47-44-41-38-35-31-25-23-20-17-14-11-8-5-2/h7-8,10-11,16-17,19-20,24-26,31,53H,4-6,9,12-15,18,21-23,27-30,32-52H2,1-3H3/b10-7-,11-8-,19-16-,20-17-,26-24-,31-25-. The summed E-state index contributed by atoms with van der Waals surface area (Å²) in [6.07, 6.45) is 63.1. The van der Waals surface area contributed by atoms with Crippen LogP contribution < -0.4 is 0 Å². The molecule has 0 spiro atoms. The van der Waals surface area contributed by atoms with Gasteiger partial charge in [-0.1, -0.05) is 216 Å². The highest BCUT2D eigenvalue weighted by molar-refractivity contribution is 5.71. The van der Waals surface area contributed by atoms with E-state index in [0.29, 0.717) is 19.3 Å². The molecule has 0 radical (unpaired) electrons. The van der Waals surface area contributed by atoms with Crippen LogP contribution in [0.15, 0.2) is 72.9 Å². The molecule has 0 rings (SSSR count). The molecule has 0 N–H and O–H groups in total. The van der Waals surface area contributed by atoms with Crippen LogP contribution in [0.25, 0.3) is 0 Å². The maximum Gasteiger partial charge on any atom is 0.306 e. The van der Waals surface area contributed by atoms with E-state index < -0.39 is 6.10 Å². The molecule has 0 saturated heterocycles. The Hall–Kier alpha value is -3.15. The summed E-state index contributed by atoms with van der Waals surface area (Å²) in [6, 6.07) is 0. The summed E-state index contributed by atoms with van der Waals surface area (Å²) >= 11 is 0. The number of hydrogen-bond donors (Lipinski definition) is 0. The number of hydrogen-bond acceptors (Lipinski definition) is 6. The van der Waals surface area contributed by atoms with Crippen molar-refractivity contribution in [3.8, 4) is 0 Å². The van der Waals surface area contributed by atoms with Crippen molar-refractivity contribution < 1.29 is 28.6 Å². The third-order valence-corrected chi connectivity index (χ3v) is 11.0. The van der Waals surface area contributed by atoms with E-state index in [9.17, 15) is 14.4 Å². The lowest BCUT2D eigenvalue weighted by Crippen LogP contribution is -2.30. The Morgan fingerprint density at radius 2 is 0.629 bits per heavy atom. The molecule has 0 aromatic carbocycles. The van der Waals surface area contributed by atoms with Crippen molar-refractivity contribution in [3.05, 3.63) is 72.9 Å². The van der Waals surface area contributed by atoms with Gasteiger partial charge in [-0.15, -0.1) is 0 Å². The Bertz CT molecular complexity index is 1180. The van der Waals surface area contributed by atoms with Crippen molar-refractivity contribution in [3.63, 3.8) is 0 Å². The molecule has 0 aliphatic heterocycles. The molecule has 0 fully saturated rings. The summed E-state index contributed by atoms with van der Waals surface area (Å²) < 4.78 is 16.8. The first kappa shape index (κ1) is 58.9.